The molecular formula is C16H22N2O2. The van der Waals surface area contributed by atoms with Crippen LogP contribution < -0.4 is 4.90 Å². The number of aliphatic hydroxyl groups excluding tert-OH is 1. The van der Waals surface area contributed by atoms with Crippen LogP contribution in [0.2, 0.25) is 0 Å². The van der Waals surface area contributed by atoms with Gasteiger partial charge in [-0.2, -0.15) is 0 Å². The van der Waals surface area contributed by atoms with Gasteiger partial charge in [-0.05, 0) is 36.6 Å². The van der Waals surface area contributed by atoms with Gasteiger partial charge in [0.1, 0.15) is 0 Å². The molecule has 2 rings (SSSR count). The minimum Gasteiger partial charge on any atom is -0.393 e. The number of aliphatic hydroxyl groups is 1. The van der Waals surface area contributed by atoms with E-state index in [1.807, 2.05) is 49.3 Å². The SMILES string of the molecule is CN(C)c1ccc(/C=C/C(=O)N2CCC(O)CC2)cc1. The summed E-state index contributed by atoms with van der Waals surface area (Å²) in [6.45, 7) is 1.29. The van der Waals surface area contributed by atoms with Crippen molar-refractivity contribution in [3.63, 3.8) is 0 Å². The molecular weight excluding hydrogens is 252 g/mol. The molecule has 1 N–H and O–H groups in total. The molecule has 1 fully saturated rings. The molecule has 0 aromatic heterocycles. The Kier molecular flexibility index (Phi) is 4.79. The number of hydrogen-bond donors (Lipinski definition) is 1. The molecule has 20 heavy (non-hydrogen) atoms. The molecule has 108 valence electrons. The summed E-state index contributed by atoms with van der Waals surface area (Å²) in [5, 5.41) is 9.43. The molecule has 1 amide bonds. The summed E-state index contributed by atoms with van der Waals surface area (Å²) in [6.07, 6.45) is 4.56. The van der Waals surface area contributed by atoms with Crippen molar-refractivity contribution in [2.45, 2.75) is 18.9 Å². The Morgan fingerprint density at radius 3 is 2.40 bits per heavy atom. The van der Waals surface area contributed by atoms with Gasteiger partial charge >= 0.3 is 0 Å². The number of anilines is 1. The second-order valence-corrected chi connectivity index (χ2v) is 5.38. The number of nitrogens with zero attached hydrogens (tertiary/aromatic N) is 2. The summed E-state index contributed by atoms with van der Waals surface area (Å²) in [5.74, 6) is 0.0218. The summed E-state index contributed by atoms with van der Waals surface area (Å²) in [6, 6.07) is 8.06. The molecule has 0 spiro atoms. The lowest BCUT2D eigenvalue weighted by molar-refractivity contribution is -0.127. The number of piperidine rings is 1. The van der Waals surface area contributed by atoms with Gasteiger partial charge in [0.15, 0.2) is 0 Å². The number of carbonyl (C=O) groups excluding carboxylic acids is 1. The van der Waals surface area contributed by atoms with Crippen molar-refractivity contribution in [1.82, 2.24) is 4.90 Å². The first kappa shape index (κ1) is 14.6. The topological polar surface area (TPSA) is 43.8 Å². The molecule has 0 unspecified atom stereocenters. The Morgan fingerprint density at radius 2 is 1.85 bits per heavy atom. The standard InChI is InChI=1S/C16H22N2O2/c1-17(2)14-6-3-13(4-7-14)5-8-16(20)18-11-9-15(19)10-12-18/h3-8,15,19H,9-12H2,1-2H3/b8-5+. The van der Waals surface area contributed by atoms with Crippen molar-refractivity contribution in [3.05, 3.63) is 35.9 Å². The van der Waals surface area contributed by atoms with E-state index in [0.717, 1.165) is 11.3 Å². The Labute approximate surface area is 120 Å². The van der Waals surface area contributed by atoms with Crippen molar-refractivity contribution in [1.29, 1.82) is 0 Å². The molecule has 4 heteroatoms. The predicted molar refractivity (Wildman–Crippen MR) is 81.6 cm³/mol. The number of likely N-dealkylation sites (tertiary alicyclic amines) is 1. The maximum absolute atomic E-state index is 12.0. The summed E-state index contributed by atoms with van der Waals surface area (Å²) in [5.41, 5.74) is 2.15. The monoisotopic (exact) mass is 274 g/mol. The Bertz CT molecular complexity index is 472. The van der Waals surface area contributed by atoms with Crippen molar-refractivity contribution in [3.8, 4) is 0 Å². The smallest absolute Gasteiger partial charge is 0.246 e. The van der Waals surface area contributed by atoms with E-state index in [0.29, 0.717) is 25.9 Å². The predicted octanol–water partition coefficient (Wildman–Crippen LogP) is 1.75. The van der Waals surface area contributed by atoms with E-state index >= 15 is 0 Å². The van der Waals surface area contributed by atoms with Crippen LogP contribution in [0.1, 0.15) is 18.4 Å². The molecule has 1 saturated heterocycles. The Balaban J connectivity index is 1.93. The highest BCUT2D eigenvalue weighted by molar-refractivity contribution is 5.91. The lowest BCUT2D eigenvalue weighted by atomic mass is 10.1. The number of benzene rings is 1. The number of carbonyl (C=O) groups is 1. The van der Waals surface area contributed by atoms with Crippen LogP contribution in [-0.2, 0) is 4.79 Å². The van der Waals surface area contributed by atoms with Crippen LogP contribution in [0.3, 0.4) is 0 Å². The maximum Gasteiger partial charge on any atom is 0.246 e. The van der Waals surface area contributed by atoms with E-state index in [-0.39, 0.29) is 12.0 Å². The molecule has 0 bridgehead atoms. The summed E-state index contributed by atoms with van der Waals surface area (Å²) < 4.78 is 0. The fourth-order valence-corrected chi connectivity index (χ4v) is 2.24. The van der Waals surface area contributed by atoms with Gasteiger partial charge < -0.3 is 14.9 Å². The second-order valence-electron chi connectivity index (χ2n) is 5.38. The molecule has 1 heterocycles. The molecule has 1 aromatic rings. The first-order valence-corrected chi connectivity index (χ1v) is 6.98. The molecule has 0 saturated carbocycles. The zero-order valence-corrected chi connectivity index (χ0v) is 12.1. The molecule has 0 aliphatic carbocycles. The highest BCUT2D eigenvalue weighted by atomic mass is 16.3. The van der Waals surface area contributed by atoms with Gasteiger partial charge in [-0.3, -0.25) is 4.79 Å². The van der Waals surface area contributed by atoms with E-state index in [1.54, 1.807) is 11.0 Å². The largest absolute Gasteiger partial charge is 0.393 e. The third-order valence-corrected chi connectivity index (χ3v) is 3.60. The Morgan fingerprint density at radius 1 is 1.25 bits per heavy atom. The average Bonchev–Trinajstić information content (AvgIpc) is 2.46. The van der Waals surface area contributed by atoms with Gasteiger partial charge in [0.2, 0.25) is 5.91 Å². The molecule has 4 nitrogen and oxygen atoms in total. The number of amides is 1. The van der Waals surface area contributed by atoms with Crippen LogP contribution in [0.4, 0.5) is 5.69 Å². The van der Waals surface area contributed by atoms with Crippen LogP contribution in [0, 0.1) is 0 Å². The van der Waals surface area contributed by atoms with Crippen LogP contribution in [0.15, 0.2) is 30.3 Å². The molecule has 1 aliphatic heterocycles. The molecule has 1 aliphatic rings. The van der Waals surface area contributed by atoms with E-state index in [2.05, 4.69) is 0 Å². The molecule has 0 radical (unpaired) electrons. The van der Waals surface area contributed by atoms with Gasteiger partial charge in [-0.1, -0.05) is 12.1 Å². The van der Waals surface area contributed by atoms with E-state index in [4.69, 9.17) is 0 Å². The molecule has 1 aromatic carbocycles. The zero-order valence-electron chi connectivity index (χ0n) is 12.1. The van der Waals surface area contributed by atoms with Gasteiger partial charge in [0, 0.05) is 38.9 Å². The van der Waals surface area contributed by atoms with Crippen LogP contribution in [-0.4, -0.2) is 49.2 Å². The second kappa shape index (κ2) is 6.57. The van der Waals surface area contributed by atoms with Crippen molar-refractivity contribution >= 4 is 17.7 Å². The maximum atomic E-state index is 12.0. The quantitative estimate of drug-likeness (QED) is 0.854. The number of hydrogen-bond acceptors (Lipinski definition) is 3. The van der Waals surface area contributed by atoms with E-state index < -0.39 is 0 Å². The third kappa shape index (κ3) is 3.84. The highest BCUT2D eigenvalue weighted by Gasteiger charge is 2.19. The van der Waals surface area contributed by atoms with E-state index in [1.165, 1.54) is 0 Å². The van der Waals surface area contributed by atoms with E-state index in [9.17, 15) is 9.90 Å². The first-order valence-electron chi connectivity index (χ1n) is 6.98. The van der Waals surface area contributed by atoms with Gasteiger partial charge in [-0.25, -0.2) is 0 Å². The fourth-order valence-electron chi connectivity index (χ4n) is 2.24. The highest BCUT2D eigenvalue weighted by Crippen LogP contribution is 2.14. The minimum absolute atomic E-state index is 0.0218. The lowest BCUT2D eigenvalue weighted by Crippen LogP contribution is -2.39. The van der Waals surface area contributed by atoms with Gasteiger partial charge in [-0.15, -0.1) is 0 Å². The lowest BCUT2D eigenvalue weighted by Gasteiger charge is -2.28. The minimum atomic E-state index is -0.249. The average molecular weight is 274 g/mol. The molecule has 0 atom stereocenters. The normalized spacial score (nSPS) is 16.6. The van der Waals surface area contributed by atoms with Crippen LogP contribution >= 0.6 is 0 Å². The fraction of sp³-hybridized carbons (Fsp3) is 0.438. The summed E-state index contributed by atoms with van der Waals surface area (Å²) in [4.78, 5) is 15.8. The van der Waals surface area contributed by atoms with Gasteiger partial charge in [0.25, 0.3) is 0 Å². The van der Waals surface area contributed by atoms with Crippen molar-refractivity contribution in [2.24, 2.45) is 0 Å². The van der Waals surface area contributed by atoms with Gasteiger partial charge in [0.05, 0.1) is 6.10 Å². The summed E-state index contributed by atoms with van der Waals surface area (Å²) >= 11 is 0. The van der Waals surface area contributed by atoms with Crippen LogP contribution in [0.25, 0.3) is 6.08 Å². The number of rotatable bonds is 3. The first-order chi connectivity index (χ1) is 9.56. The van der Waals surface area contributed by atoms with Crippen molar-refractivity contribution in [2.75, 3.05) is 32.1 Å². The zero-order chi connectivity index (χ0) is 14.5. The van der Waals surface area contributed by atoms with Crippen LogP contribution in [0.5, 0.6) is 0 Å². The summed E-state index contributed by atoms with van der Waals surface area (Å²) in [7, 11) is 4.00. The Hall–Kier alpha value is -1.81. The third-order valence-electron chi connectivity index (χ3n) is 3.60. The van der Waals surface area contributed by atoms with Crippen molar-refractivity contribution < 1.29 is 9.90 Å².